The van der Waals surface area contributed by atoms with E-state index in [1.54, 1.807) is 6.92 Å². The average Bonchev–Trinajstić information content (AvgIpc) is 3.61. The van der Waals surface area contributed by atoms with Gasteiger partial charge in [0, 0.05) is 18.0 Å². The highest BCUT2D eigenvalue weighted by Crippen LogP contribution is 2.44. The minimum Gasteiger partial charge on any atom is -0.478 e. The molecule has 2 aliphatic rings. The first-order valence-electron chi connectivity index (χ1n) is 11.1. The zero-order valence-electron chi connectivity index (χ0n) is 18.8. The zero-order chi connectivity index (χ0) is 23.6. The summed E-state index contributed by atoms with van der Waals surface area (Å²) in [6.45, 7) is 3.40. The van der Waals surface area contributed by atoms with Gasteiger partial charge < -0.3 is 20.5 Å². The summed E-state index contributed by atoms with van der Waals surface area (Å²) < 4.78 is 5.62. The van der Waals surface area contributed by atoms with Crippen molar-refractivity contribution in [3.05, 3.63) is 71.3 Å². The van der Waals surface area contributed by atoms with Crippen molar-refractivity contribution in [1.82, 2.24) is 10.6 Å². The molecule has 4 rings (SSSR count). The van der Waals surface area contributed by atoms with Gasteiger partial charge in [-0.05, 0) is 54.9 Å². The lowest BCUT2D eigenvalue weighted by atomic mass is 9.94. The van der Waals surface area contributed by atoms with Gasteiger partial charge in [-0.2, -0.15) is 0 Å². The molecule has 2 amide bonds. The molecule has 1 saturated carbocycles. The number of benzene rings is 2. The standard InChI is InChI=1S/C26H28N2O5/c1-16(23(29)30)13-14-27-24(31)26(2,17-11-12-17)28-25(32)33-15-22-20-9-5-3-7-18(20)19-8-4-6-10-21(19)22/h3-10,13,17,22H,11-12,14-15H2,1-2H3,(H,27,31)(H,28,32)(H,29,30)/b16-13+. The van der Waals surface area contributed by atoms with E-state index in [9.17, 15) is 14.4 Å². The number of carbonyl (C=O) groups excluding carboxylic acids is 2. The Labute approximate surface area is 192 Å². The number of carboxylic acid groups (broad SMARTS) is 1. The number of hydrogen-bond acceptors (Lipinski definition) is 4. The van der Waals surface area contributed by atoms with Gasteiger partial charge in [0.15, 0.2) is 0 Å². The van der Waals surface area contributed by atoms with Gasteiger partial charge in [-0.15, -0.1) is 0 Å². The van der Waals surface area contributed by atoms with Crippen LogP contribution in [0.1, 0.15) is 43.7 Å². The van der Waals surface area contributed by atoms with Crippen molar-refractivity contribution in [1.29, 1.82) is 0 Å². The molecule has 0 aromatic heterocycles. The van der Waals surface area contributed by atoms with Crippen LogP contribution in [0.25, 0.3) is 11.1 Å². The molecule has 0 spiro atoms. The van der Waals surface area contributed by atoms with E-state index in [1.807, 2.05) is 24.3 Å². The third-order valence-corrected chi connectivity index (χ3v) is 6.58. The lowest BCUT2D eigenvalue weighted by Crippen LogP contribution is -2.58. The summed E-state index contributed by atoms with van der Waals surface area (Å²) in [5, 5.41) is 14.4. The van der Waals surface area contributed by atoms with Crippen LogP contribution in [0.2, 0.25) is 0 Å². The van der Waals surface area contributed by atoms with Gasteiger partial charge >= 0.3 is 12.1 Å². The molecule has 0 aliphatic heterocycles. The molecule has 33 heavy (non-hydrogen) atoms. The second kappa shape index (κ2) is 9.10. The summed E-state index contributed by atoms with van der Waals surface area (Å²) in [5.74, 6) is -1.44. The van der Waals surface area contributed by atoms with Crippen molar-refractivity contribution in [3.8, 4) is 11.1 Å². The van der Waals surface area contributed by atoms with Gasteiger partial charge in [0.2, 0.25) is 5.91 Å². The molecule has 0 heterocycles. The zero-order valence-corrected chi connectivity index (χ0v) is 18.8. The minimum absolute atomic E-state index is 0.0162. The summed E-state index contributed by atoms with van der Waals surface area (Å²) >= 11 is 0. The molecular formula is C26H28N2O5. The van der Waals surface area contributed by atoms with Gasteiger partial charge in [-0.25, -0.2) is 9.59 Å². The number of alkyl carbamates (subject to hydrolysis) is 1. The van der Waals surface area contributed by atoms with Crippen LogP contribution in [-0.2, 0) is 14.3 Å². The largest absolute Gasteiger partial charge is 0.478 e. The van der Waals surface area contributed by atoms with E-state index in [0.29, 0.717) is 0 Å². The minimum atomic E-state index is -1.12. The number of ether oxygens (including phenoxy) is 1. The summed E-state index contributed by atoms with van der Waals surface area (Å²) in [6, 6.07) is 16.2. The van der Waals surface area contributed by atoms with Crippen LogP contribution in [-0.4, -0.2) is 41.8 Å². The Kier molecular flexibility index (Phi) is 6.22. The van der Waals surface area contributed by atoms with Crippen LogP contribution >= 0.6 is 0 Å². The van der Waals surface area contributed by atoms with E-state index in [0.717, 1.165) is 35.1 Å². The van der Waals surface area contributed by atoms with Crippen LogP contribution in [0.3, 0.4) is 0 Å². The highest BCUT2D eigenvalue weighted by Gasteiger charge is 2.48. The second-order valence-corrected chi connectivity index (χ2v) is 8.83. The fourth-order valence-electron chi connectivity index (χ4n) is 4.42. The van der Waals surface area contributed by atoms with E-state index in [4.69, 9.17) is 9.84 Å². The monoisotopic (exact) mass is 448 g/mol. The van der Waals surface area contributed by atoms with Crippen LogP contribution in [0.5, 0.6) is 0 Å². The third kappa shape index (κ3) is 4.62. The molecule has 7 heteroatoms. The van der Waals surface area contributed by atoms with Gasteiger partial charge in [0.05, 0.1) is 0 Å². The number of rotatable bonds is 8. The molecule has 3 N–H and O–H groups in total. The van der Waals surface area contributed by atoms with Gasteiger partial charge in [-0.3, -0.25) is 4.79 Å². The molecule has 2 aromatic carbocycles. The first-order valence-corrected chi connectivity index (χ1v) is 11.1. The van der Waals surface area contributed by atoms with E-state index in [-0.39, 0.29) is 36.5 Å². The molecule has 1 atom stereocenters. The average molecular weight is 449 g/mol. The van der Waals surface area contributed by atoms with E-state index < -0.39 is 17.6 Å². The van der Waals surface area contributed by atoms with Crippen LogP contribution in [0, 0.1) is 5.92 Å². The highest BCUT2D eigenvalue weighted by molar-refractivity contribution is 5.91. The van der Waals surface area contributed by atoms with Crippen molar-refractivity contribution in [2.24, 2.45) is 5.92 Å². The van der Waals surface area contributed by atoms with Crippen molar-refractivity contribution in [2.75, 3.05) is 13.2 Å². The summed E-state index contributed by atoms with van der Waals surface area (Å²) in [6.07, 6.45) is 2.45. The molecule has 2 aliphatic carbocycles. The number of aliphatic carboxylic acids is 1. The fraction of sp³-hybridized carbons (Fsp3) is 0.346. The Morgan fingerprint density at radius 2 is 1.64 bits per heavy atom. The Morgan fingerprint density at radius 1 is 1.06 bits per heavy atom. The maximum atomic E-state index is 12.9. The summed E-state index contributed by atoms with van der Waals surface area (Å²) in [5.41, 5.74) is 3.56. The second-order valence-electron chi connectivity index (χ2n) is 8.83. The Hall–Kier alpha value is -3.61. The predicted octanol–water partition coefficient (Wildman–Crippen LogP) is 3.84. The molecule has 1 fully saturated rings. The van der Waals surface area contributed by atoms with Crippen LogP contribution < -0.4 is 10.6 Å². The Bertz CT molecular complexity index is 1080. The van der Waals surface area contributed by atoms with Crippen molar-refractivity contribution in [2.45, 2.75) is 38.1 Å². The first-order chi connectivity index (χ1) is 15.8. The number of nitrogens with one attached hydrogen (secondary N) is 2. The maximum absolute atomic E-state index is 12.9. The number of fused-ring (bicyclic) bond motifs is 3. The van der Waals surface area contributed by atoms with Gasteiger partial charge in [0.1, 0.15) is 12.1 Å². The maximum Gasteiger partial charge on any atom is 0.408 e. The molecule has 2 aromatic rings. The van der Waals surface area contributed by atoms with Gasteiger partial charge in [-0.1, -0.05) is 54.6 Å². The molecule has 0 saturated heterocycles. The van der Waals surface area contributed by atoms with Crippen molar-refractivity contribution < 1.29 is 24.2 Å². The number of amides is 2. The Balaban J connectivity index is 1.41. The quantitative estimate of drug-likeness (QED) is 0.532. The third-order valence-electron chi connectivity index (χ3n) is 6.58. The molecule has 7 nitrogen and oxygen atoms in total. The molecule has 172 valence electrons. The number of carboxylic acids is 1. The van der Waals surface area contributed by atoms with Crippen molar-refractivity contribution in [3.63, 3.8) is 0 Å². The summed E-state index contributed by atoms with van der Waals surface area (Å²) in [7, 11) is 0. The van der Waals surface area contributed by atoms with E-state index in [1.165, 1.54) is 13.0 Å². The molecule has 1 unspecified atom stereocenters. The lowest BCUT2D eigenvalue weighted by Gasteiger charge is -2.29. The summed E-state index contributed by atoms with van der Waals surface area (Å²) in [4.78, 5) is 36.5. The molecule has 0 radical (unpaired) electrons. The molecule has 0 bridgehead atoms. The smallest absolute Gasteiger partial charge is 0.408 e. The SMILES string of the molecule is C/C(=C\CNC(=O)C(C)(NC(=O)OCC1c2ccccc2-c2ccccc21)C1CC1)C(=O)O. The van der Waals surface area contributed by atoms with E-state index >= 15 is 0 Å². The fourth-order valence-corrected chi connectivity index (χ4v) is 4.42. The van der Waals surface area contributed by atoms with E-state index in [2.05, 4.69) is 34.9 Å². The van der Waals surface area contributed by atoms with Crippen LogP contribution in [0.15, 0.2) is 60.2 Å². The predicted molar refractivity (Wildman–Crippen MR) is 124 cm³/mol. The Morgan fingerprint density at radius 3 is 2.18 bits per heavy atom. The van der Waals surface area contributed by atoms with Crippen molar-refractivity contribution >= 4 is 18.0 Å². The molecular weight excluding hydrogens is 420 g/mol. The normalized spacial score (nSPS) is 16.8. The van der Waals surface area contributed by atoms with Gasteiger partial charge in [0.25, 0.3) is 0 Å². The topological polar surface area (TPSA) is 105 Å². The number of hydrogen-bond donors (Lipinski definition) is 3. The van der Waals surface area contributed by atoms with Crippen LogP contribution in [0.4, 0.5) is 4.79 Å². The highest BCUT2D eigenvalue weighted by atomic mass is 16.5. The number of carbonyl (C=O) groups is 3. The first kappa shape index (κ1) is 22.6. The lowest BCUT2D eigenvalue weighted by molar-refractivity contribution is -0.132.